The molecule has 0 saturated carbocycles. The Balaban J connectivity index is 2.32. The van der Waals surface area contributed by atoms with Crippen LogP contribution in [0.15, 0.2) is 42.5 Å². The van der Waals surface area contributed by atoms with Gasteiger partial charge in [0.1, 0.15) is 0 Å². The molecule has 0 aliphatic rings. The van der Waals surface area contributed by atoms with Gasteiger partial charge in [-0.3, -0.25) is 0 Å². The molecule has 2 aromatic carbocycles. The lowest BCUT2D eigenvalue weighted by molar-refractivity contribution is 0.675. The van der Waals surface area contributed by atoms with Crippen molar-refractivity contribution in [3.8, 4) is 0 Å². The molecule has 0 aromatic heterocycles. The first-order valence-corrected chi connectivity index (χ1v) is 7.79. The molecule has 0 saturated heterocycles. The molecule has 21 heavy (non-hydrogen) atoms. The van der Waals surface area contributed by atoms with Crippen molar-refractivity contribution in [1.29, 1.82) is 0 Å². The van der Waals surface area contributed by atoms with E-state index in [2.05, 4.69) is 61.4 Å². The van der Waals surface area contributed by atoms with Gasteiger partial charge in [-0.1, -0.05) is 42.8 Å². The Morgan fingerprint density at radius 3 is 2.57 bits per heavy atom. The van der Waals surface area contributed by atoms with E-state index in [4.69, 9.17) is 11.6 Å². The third-order valence-electron chi connectivity index (χ3n) is 3.63. The van der Waals surface area contributed by atoms with Gasteiger partial charge in [-0.05, 0) is 49.2 Å². The van der Waals surface area contributed by atoms with Crippen molar-refractivity contribution in [2.24, 2.45) is 0 Å². The van der Waals surface area contributed by atoms with E-state index in [0.29, 0.717) is 0 Å². The van der Waals surface area contributed by atoms with Crippen LogP contribution in [0.2, 0.25) is 5.02 Å². The van der Waals surface area contributed by atoms with E-state index < -0.39 is 0 Å². The van der Waals surface area contributed by atoms with Crippen molar-refractivity contribution in [2.45, 2.75) is 26.8 Å². The minimum atomic E-state index is 0.768. The van der Waals surface area contributed by atoms with Gasteiger partial charge in [0, 0.05) is 30.0 Å². The van der Waals surface area contributed by atoms with Crippen molar-refractivity contribution >= 4 is 23.0 Å². The summed E-state index contributed by atoms with van der Waals surface area (Å²) in [4.78, 5) is 2.21. The fourth-order valence-electron chi connectivity index (χ4n) is 2.47. The smallest absolute Gasteiger partial charge is 0.0468 e. The molecule has 2 rings (SSSR count). The molecule has 0 unspecified atom stereocenters. The number of nitrogens with zero attached hydrogens (tertiary/aromatic N) is 1. The third-order valence-corrected chi connectivity index (χ3v) is 3.86. The maximum absolute atomic E-state index is 6.20. The minimum absolute atomic E-state index is 0.768. The summed E-state index contributed by atoms with van der Waals surface area (Å²) in [5.74, 6) is 0. The lowest BCUT2D eigenvalue weighted by Gasteiger charge is -2.25. The SMILES string of the molecule is CCCNCc1ccc(Cl)cc1N(C)c1ccccc1C. The quantitative estimate of drug-likeness (QED) is 0.762. The van der Waals surface area contributed by atoms with Gasteiger partial charge in [0.2, 0.25) is 0 Å². The number of hydrogen-bond acceptors (Lipinski definition) is 2. The molecule has 0 amide bonds. The van der Waals surface area contributed by atoms with Crippen LogP contribution in [0.1, 0.15) is 24.5 Å². The molecule has 0 spiro atoms. The van der Waals surface area contributed by atoms with Crippen LogP contribution < -0.4 is 10.2 Å². The van der Waals surface area contributed by atoms with E-state index >= 15 is 0 Å². The van der Waals surface area contributed by atoms with Gasteiger partial charge in [-0.25, -0.2) is 0 Å². The Labute approximate surface area is 132 Å². The van der Waals surface area contributed by atoms with E-state index in [-0.39, 0.29) is 0 Å². The Hall–Kier alpha value is -1.51. The molecule has 0 fully saturated rings. The molecule has 0 bridgehead atoms. The van der Waals surface area contributed by atoms with Crippen LogP contribution in [0.5, 0.6) is 0 Å². The summed E-state index contributed by atoms with van der Waals surface area (Å²) >= 11 is 6.20. The zero-order valence-corrected chi connectivity index (χ0v) is 13.7. The van der Waals surface area contributed by atoms with Crippen molar-refractivity contribution in [1.82, 2.24) is 5.32 Å². The van der Waals surface area contributed by atoms with Gasteiger partial charge >= 0.3 is 0 Å². The van der Waals surface area contributed by atoms with Crippen molar-refractivity contribution in [2.75, 3.05) is 18.5 Å². The van der Waals surface area contributed by atoms with E-state index in [9.17, 15) is 0 Å². The summed E-state index contributed by atoms with van der Waals surface area (Å²) in [5, 5.41) is 4.23. The molecule has 0 aliphatic carbocycles. The largest absolute Gasteiger partial charge is 0.344 e. The van der Waals surface area contributed by atoms with Crippen LogP contribution in [0, 0.1) is 6.92 Å². The summed E-state index contributed by atoms with van der Waals surface area (Å²) in [6.07, 6.45) is 1.14. The standard InChI is InChI=1S/C18H23ClN2/c1-4-11-20-13-15-9-10-16(19)12-18(15)21(3)17-8-6-5-7-14(17)2/h5-10,12,20H,4,11,13H2,1-3H3. The van der Waals surface area contributed by atoms with Crippen LogP contribution in [-0.4, -0.2) is 13.6 Å². The van der Waals surface area contributed by atoms with E-state index in [1.165, 1.54) is 16.8 Å². The summed E-state index contributed by atoms with van der Waals surface area (Å²) in [5.41, 5.74) is 4.88. The number of para-hydroxylation sites is 1. The predicted octanol–water partition coefficient (Wildman–Crippen LogP) is 4.92. The number of benzene rings is 2. The first-order chi connectivity index (χ1) is 10.1. The van der Waals surface area contributed by atoms with Gasteiger partial charge in [0.15, 0.2) is 0 Å². The van der Waals surface area contributed by atoms with Crippen molar-refractivity contribution in [3.05, 3.63) is 58.6 Å². The first-order valence-electron chi connectivity index (χ1n) is 7.42. The number of nitrogens with one attached hydrogen (secondary N) is 1. The topological polar surface area (TPSA) is 15.3 Å². The molecule has 0 atom stereocenters. The van der Waals surface area contributed by atoms with Gasteiger partial charge in [-0.2, -0.15) is 0 Å². The van der Waals surface area contributed by atoms with E-state index in [0.717, 1.165) is 30.2 Å². The Morgan fingerprint density at radius 2 is 1.86 bits per heavy atom. The van der Waals surface area contributed by atoms with Gasteiger partial charge < -0.3 is 10.2 Å². The second-order valence-electron chi connectivity index (χ2n) is 5.30. The highest BCUT2D eigenvalue weighted by Crippen LogP contribution is 2.31. The highest BCUT2D eigenvalue weighted by molar-refractivity contribution is 6.30. The fraction of sp³-hybridized carbons (Fsp3) is 0.333. The molecule has 2 nitrogen and oxygen atoms in total. The second kappa shape index (κ2) is 7.48. The molecule has 2 aromatic rings. The summed E-state index contributed by atoms with van der Waals surface area (Å²) < 4.78 is 0. The van der Waals surface area contributed by atoms with Crippen LogP contribution in [0.4, 0.5) is 11.4 Å². The van der Waals surface area contributed by atoms with E-state index in [1.54, 1.807) is 0 Å². The van der Waals surface area contributed by atoms with Crippen molar-refractivity contribution in [3.63, 3.8) is 0 Å². The molecule has 112 valence electrons. The van der Waals surface area contributed by atoms with Crippen LogP contribution in [0.3, 0.4) is 0 Å². The molecule has 0 radical (unpaired) electrons. The highest BCUT2D eigenvalue weighted by Gasteiger charge is 2.11. The normalized spacial score (nSPS) is 10.7. The molecular formula is C18H23ClN2. The number of halogens is 1. The van der Waals surface area contributed by atoms with Crippen LogP contribution >= 0.6 is 11.6 Å². The molecular weight excluding hydrogens is 280 g/mol. The third kappa shape index (κ3) is 3.99. The van der Waals surface area contributed by atoms with E-state index in [1.807, 2.05) is 12.1 Å². The number of anilines is 2. The maximum Gasteiger partial charge on any atom is 0.0468 e. The molecule has 1 N–H and O–H groups in total. The monoisotopic (exact) mass is 302 g/mol. The zero-order valence-electron chi connectivity index (χ0n) is 13.0. The average molecular weight is 303 g/mol. The number of aryl methyl sites for hydroxylation is 1. The summed E-state index contributed by atoms with van der Waals surface area (Å²) in [6, 6.07) is 14.5. The number of hydrogen-bond donors (Lipinski definition) is 1. The minimum Gasteiger partial charge on any atom is -0.344 e. The van der Waals surface area contributed by atoms with Gasteiger partial charge in [0.25, 0.3) is 0 Å². The van der Waals surface area contributed by atoms with Crippen LogP contribution in [0.25, 0.3) is 0 Å². The fourth-order valence-corrected chi connectivity index (χ4v) is 2.63. The highest BCUT2D eigenvalue weighted by atomic mass is 35.5. The first kappa shape index (κ1) is 15.9. The zero-order chi connectivity index (χ0) is 15.2. The lowest BCUT2D eigenvalue weighted by Crippen LogP contribution is -2.18. The molecule has 0 aliphatic heterocycles. The Kier molecular flexibility index (Phi) is 5.66. The summed E-state index contributed by atoms with van der Waals surface area (Å²) in [6.45, 7) is 6.19. The molecule has 3 heteroatoms. The van der Waals surface area contributed by atoms with Crippen molar-refractivity contribution < 1.29 is 0 Å². The van der Waals surface area contributed by atoms with Gasteiger partial charge in [-0.15, -0.1) is 0 Å². The number of rotatable bonds is 6. The Bertz CT molecular complexity index is 596. The molecule has 0 heterocycles. The Morgan fingerprint density at radius 1 is 1.10 bits per heavy atom. The van der Waals surface area contributed by atoms with Crippen LogP contribution in [-0.2, 0) is 6.54 Å². The predicted molar refractivity (Wildman–Crippen MR) is 92.7 cm³/mol. The maximum atomic E-state index is 6.20. The summed E-state index contributed by atoms with van der Waals surface area (Å²) in [7, 11) is 2.09. The second-order valence-corrected chi connectivity index (χ2v) is 5.73. The average Bonchev–Trinajstić information content (AvgIpc) is 2.49. The lowest BCUT2D eigenvalue weighted by atomic mass is 10.1. The van der Waals surface area contributed by atoms with Gasteiger partial charge in [0.05, 0.1) is 0 Å².